The number of carbonyl (C=O) groups excluding carboxylic acids is 2. The molecule has 1 fully saturated rings. The van der Waals surface area contributed by atoms with Crippen molar-refractivity contribution in [1.82, 2.24) is 4.90 Å². The van der Waals surface area contributed by atoms with Crippen LogP contribution in [0.5, 0.6) is 11.5 Å². The first-order chi connectivity index (χ1) is 21.7. The van der Waals surface area contributed by atoms with E-state index in [1.54, 1.807) is 45.0 Å². The Balaban J connectivity index is 1.32. The monoisotopic (exact) mass is 637 g/mol. The van der Waals surface area contributed by atoms with Crippen LogP contribution in [0.1, 0.15) is 89.6 Å². The zero-order valence-electron chi connectivity index (χ0n) is 28.2. The van der Waals surface area contributed by atoms with Crippen LogP contribution in [0.3, 0.4) is 0 Å². The fourth-order valence-electron chi connectivity index (χ4n) is 4.63. The molecule has 11 nitrogen and oxygen atoms in total. The van der Waals surface area contributed by atoms with Gasteiger partial charge in [-0.05, 0) is 126 Å². The van der Waals surface area contributed by atoms with Gasteiger partial charge >= 0.3 is 5.97 Å². The molecule has 0 radical (unpaired) electrons. The Morgan fingerprint density at radius 2 is 1.30 bits per heavy atom. The number of benzene rings is 2. The number of rotatable bonds is 14. The number of oxime groups is 2. The van der Waals surface area contributed by atoms with Crippen molar-refractivity contribution in [3.8, 4) is 11.5 Å². The molecule has 46 heavy (non-hydrogen) atoms. The van der Waals surface area contributed by atoms with Gasteiger partial charge < -0.3 is 35.5 Å². The molecule has 1 aliphatic rings. The standard InChI is InChI=1S/C35H51N5O6/c1-34(2,3)32(39-46-33(42)35(4,5)6)45-38-30(36)26-10-14-28(15-11-26)43-23-7-9-25-18-21-40(22-19-25)20-8-24-44-29-16-12-27(13-17-29)31(37)41/h10-17,25H,7-9,18-24H2,1-6H3,(H2,36,38)(H2,37,41). The van der Waals surface area contributed by atoms with E-state index in [1.807, 2.05) is 45.0 Å². The Bertz CT molecular complexity index is 1320. The Labute approximate surface area is 273 Å². The molecule has 11 heteroatoms. The van der Waals surface area contributed by atoms with Crippen LogP contribution in [-0.2, 0) is 14.5 Å². The molecule has 0 aromatic heterocycles. The molecule has 1 aliphatic heterocycles. The number of amides is 1. The molecule has 2 aromatic rings. The second-order valence-corrected chi connectivity index (χ2v) is 13.7. The molecule has 1 heterocycles. The van der Waals surface area contributed by atoms with E-state index in [2.05, 4.69) is 15.2 Å². The molecule has 0 atom stereocenters. The average molecular weight is 638 g/mol. The molecular formula is C35H51N5O6. The minimum absolute atomic E-state index is 0.135. The third kappa shape index (κ3) is 12.3. The summed E-state index contributed by atoms with van der Waals surface area (Å²) in [4.78, 5) is 36.3. The Kier molecular flexibility index (Phi) is 13.4. The van der Waals surface area contributed by atoms with Crippen LogP contribution in [0.2, 0.25) is 0 Å². The third-order valence-corrected chi connectivity index (χ3v) is 7.60. The van der Waals surface area contributed by atoms with Gasteiger partial charge in [-0.25, -0.2) is 4.79 Å². The number of amidine groups is 1. The molecule has 0 aliphatic carbocycles. The van der Waals surface area contributed by atoms with Crippen LogP contribution in [0.25, 0.3) is 0 Å². The van der Waals surface area contributed by atoms with Crippen molar-refractivity contribution >= 4 is 23.6 Å². The summed E-state index contributed by atoms with van der Waals surface area (Å²) in [6.07, 6.45) is 5.51. The van der Waals surface area contributed by atoms with Crippen LogP contribution in [-0.4, -0.2) is 61.4 Å². The number of ether oxygens (including phenoxy) is 2. The summed E-state index contributed by atoms with van der Waals surface area (Å²) in [6.45, 7) is 15.4. The van der Waals surface area contributed by atoms with Gasteiger partial charge in [0.15, 0.2) is 5.84 Å². The molecule has 2 aromatic carbocycles. The van der Waals surface area contributed by atoms with Crippen LogP contribution >= 0.6 is 0 Å². The minimum Gasteiger partial charge on any atom is -0.494 e. The van der Waals surface area contributed by atoms with E-state index in [-0.39, 0.29) is 11.7 Å². The number of nitrogens with two attached hydrogens (primary N) is 2. The SMILES string of the molecule is CC(C)(C)C(=O)ON=C(ON=C(N)c1ccc(OCCCC2CCN(CCCOc3ccc(C(N)=O)cc3)CC2)cc1)C(C)(C)C. The smallest absolute Gasteiger partial charge is 0.340 e. The molecule has 0 unspecified atom stereocenters. The summed E-state index contributed by atoms with van der Waals surface area (Å²) in [5, 5.41) is 7.91. The molecular weight excluding hydrogens is 586 g/mol. The second kappa shape index (κ2) is 17.0. The highest BCUT2D eigenvalue weighted by molar-refractivity contribution is 5.97. The predicted molar refractivity (Wildman–Crippen MR) is 180 cm³/mol. The van der Waals surface area contributed by atoms with Gasteiger partial charge in [0.1, 0.15) is 11.5 Å². The van der Waals surface area contributed by atoms with Gasteiger partial charge in [-0.15, -0.1) is 0 Å². The van der Waals surface area contributed by atoms with Crippen molar-refractivity contribution in [2.45, 2.75) is 73.6 Å². The van der Waals surface area contributed by atoms with Crippen molar-refractivity contribution in [1.29, 1.82) is 0 Å². The Morgan fingerprint density at radius 3 is 1.83 bits per heavy atom. The summed E-state index contributed by atoms with van der Waals surface area (Å²) < 4.78 is 11.8. The lowest BCUT2D eigenvalue weighted by Crippen LogP contribution is -2.35. The number of carbonyl (C=O) groups is 2. The number of hydrogen-bond donors (Lipinski definition) is 2. The highest BCUT2D eigenvalue weighted by Crippen LogP contribution is 2.23. The maximum Gasteiger partial charge on any atom is 0.340 e. The molecule has 0 spiro atoms. The number of hydrogen-bond acceptors (Lipinski definition) is 9. The van der Waals surface area contributed by atoms with Crippen molar-refractivity contribution < 1.29 is 28.7 Å². The quantitative estimate of drug-likeness (QED) is 0.0879. The fourth-order valence-corrected chi connectivity index (χ4v) is 4.63. The maximum atomic E-state index is 12.1. The predicted octanol–water partition coefficient (Wildman–Crippen LogP) is 5.71. The lowest BCUT2D eigenvalue weighted by molar-refractivity contribution is -0.153. The summed E-state index contributed by atoms with van der Waals surface area (Å²) in [5.74, 6) is 1.63. The van der Waals surface area contributed by atoms with Crippen molar-refractivity contribution in [3.63, 3.8) is 0 Å². The summed E-state index contributed by atoms with van der Waals surface area (Å²) >= 11 is 0. The number of primary amides is 1. The van der Waals surface area contributed by atoms with Crippen molar-refractivity contribution in [2.24, 2.45) is 38.5 Å². The first-order valence-corrected chi connectivity index (χ1v) is 16.0. The van der Waals surface area contributed by atoms with E-state index in [9.17, 15) is 9.59 Å². The highest BCUT2D eigenvalue weighted by Gasteiger charge is 2.27. The molecule has 252 valence electrons. The van der Waals surface area contributed by atoms with Crippen LogP contribution in [0, 0.1) is 16.7 Å². The van der Waals surface area contributed by atoms with Crippen LogP contribution in [0.15, 0.2) is 58.8 Å². The van der Waals surface area contributed by atoms with Gasteiger partial charge in [-0.1, -0.05) is 25.9 Å². The van der Waals surface area contributed by atoms with E-state index in [0.29, 0.717) is 24.3 Å². The molecule has 0 bridgehead atoms. The summed E-state index contributed by atoms with van der Waals surface area (Å²) in [6, 6.07) is 14.3. The minimum atomic E-state index is -0.694. The van der Waals surface area contributed by atoms with Gasteiger partial charge in [0.05, 0.1) is 18.6 Å². The number of nitrogens with zero attached hydrogens (tertiary/aromatic N) is 3. The number of likely N-dealkylation sites (tertiary alicyclic amines) is 1. The van der Waals surface area contributed by atoms with Gasteiger partial charge in [0.25, 0.3) is 5.90 Å². The second-order valence-electron chi connectivity index (χ2n) is 13.7. The van der Waals surface area contributed by atoms with Gasteiger partial charge in [0, 0.05) is 23.1 Å². The van der Waals surface area contributed by atoms with E-state index >= 15 is 0 Å². The molecule has 3 rings (SSSR count). The van der Waals surface area contributed by atoms with E-state index < -0.39 is 22.7 Å². The fraction of sp³-hybridized carbons (Fsp3) is 0.543. The van der Waals surface area contributed by atoms with Gasteiger partial charge in [0.2, 0.25) is 5.91 Å². The molecule has 1 amide bonds. The van der Waals surface area contributed by atoms with Gasteiger partial charge in [-0.2, -0.15) is 0 Å². The largest absolute Gasteiger partial charge is 0.494 e. The van der Waals surface area contributed by atoms with Gasteiger partial charge in [-0.3, -0.25) is 4.79 Å². The molecule has 0 saturated carbocycles. The summed E-state index contributed by atoms with van der Waals surface area (Å²) in [5.41, 5.74) is 11.3. The van der Waals surface area contributed by atoms with E-state index in [0.717, 1.165) is 56.3 Å². The van der Waals surface area contributed by atoms with E-state index in [1.165, 1.54) is 12.8 Å². The third-order valence-electron chi connectivity index (χ3n) is 7.60. The maximum absolute atomic E-state index is 12.1. The first kappa shape index (κ1) is 36.3. The molecule has 1 saturated heterocycles. The normalized spacial score (nSPS) is 15.3. The van der Waals surface area contributed by atoms with Crippen molar-refractivity contribution in [3.05, 3.63) is 59.7 Å². The Hall–Kier alpha value is -4.12. The first-order valence-electron chi connectivity index (χ1n) is 16.0. The molecule has 4 N–H and O–H groups in total. The van der Waals surface area contributed by atoms with E-state index in [4.69, 9.17) is 30.6 Å². The lowest BCUT2D eigenvalue weighted by atomic mass is 9.92. The van der Waals surface area contributed by atoms with Crippen molar-refractivity contribution in [2.75, 3.05) is 32.8 Å². The highest BCUT2D eigenvalue weighted by atomic mass is 16.7. The lowest BCUT2D eigenvalue weighted by Gasteiger charge is -2.32. The average Bonchev–Trinajstić information content (AvgIpc) is 3.01. The van der Waals surface area contributed by atoms with Crippen LogP contribution < -0.4 is 20.9 Å². The number of piperidine rings is 1. The van der Waals surface area contributed by atoms with Crippen LogP contribution in [0.4, 0.5) is 0 Å². The summed E-state index contributed by atoms with van der Waals surface area (Å²) in [7, 11) is 0. The topological polar surface area (TPSA) is 151 Å². The Morgan fingerprint density at radius 1 is 0.761 bits per heavy atom. The zero-order valence-corrected chi connectivity index (χ0v) is 28.2. The zero-order chi connectivity index (χ0) is 33.7.